The molecule has 92 valence electrons. The van der Waals surface area contributed by atoms with Crippen molar-refractivity contribution in [2.45, 2.75) is 11.9 Å². The van der Waals surface area contributed by atoms with Crippen LogP contribution in [0.15, 0.2) is 0 Å². The highest BCUT2D eigenvalue weighted by Crippen LogP contribution is 2.22. The Morgan fingerprint density at radius 3 is 1.73 bits per heavy atom. The fraction of sp³-hybridized carbons (Fsp3) is 1.00. The van der Waals surface area contributed by atoms with E-state index in [1.807, 2.05) is 0 Å². The molecule has 15 heavy (non-hydrogen) atoms. The molecular weight excluding hydrogens is 264 g/mol. The molecule has 0 spiro atoms. The topological polar surface area (TPSA) is 191 Å². The van der Waals surface area contributed by atoms with Gasteiger partial charge in [-0.2, -0.15) is 21.0 Å². The lowest BCUT2D eigenvalue weighted by Gasteiger charge is -2.29. The van der Waals surface area contributed by atoms with E-state index < -0.39 is 33.7 Å². The Hall–Kier alpha value is -0.220. The van der Waals surface area contributed by atoms with E-state index in [0.29, 0.717) is 0 Å². The standard InChI is InChI=1S/C2H6O11S2/c3-1(4,12-14(7)8)2(5,6)13-15(9,10)11/h3-6H,(H,7,8)(H,9,10,11). The lowest BCUT2D eigenvalue weighted by Crippen LogP contribution is -2.58. The number of hydrogen-bond donors (Lipinski definition) is 6. The van der Waals surface area contributed by atoms with Crippen LogP contribution >= 0.6 is 0 Å². The van der Waals surface area contributed by atoms with Gasteiger partial charge in [0, 0.05) is 0 Å². The molecule has 0 aliphatic heterocycles. The largest absolute Gasteiger partial charge is 0.402 e. The molecule has 0 rings (SSSR count). The molecule has 0 aliphatic carbocycles. The minimum absolute atomic E-state index is 2.96. The minimum Gasteiger partial charge on any atom is -0.336 e. The molecule has 0 fully saturated rings. The van der Waals surface area contributed by atoms with Crippen LogP contribution in [0.25, 0.3) is 0 Å². The molecule has 0 aliphatic rings. The van der Waals surface area contributed by atoms with Crippen LogP contribution in [0.4, 0.5) is 0 Å². The normalized spacial score (nSPS) is 16.4. The maximum atomic E-state index is 9.98. The van der Waals surface area contributed by atoms with E-state index in [-0.39, 0.29) is 0 Å². The van der Waals surface area contributed by atoms with Crippen molar-refractivity contribution in [1.82, 2.24) is 0 Å². The van der Waals surface area contributed by atoms with E-state index in [0.717, 1.165) is 0 Å². The van der Waals surface area contributed by atoms with E-state index in [2.05, 4.69) is 8.37 Å². The molecule has 0 aromatic carbocycles. The molecule has 0 amide bonds. The second-order valence-corrected chi connectivity index (χ2v) is 3.65. The smallest absolute Gasteiger partial charge is 0.336 e. The summed E-state index contributed by atoms with van der Waals surface area (Å²) in [6.07, 6.45) is 0. The monoisotopic (exact) mass is 270 g/mol. The Morgan fingerprint density at radius 1 is 1.07 bits per heavy atom. The molecule has 11 nitrogen and oxygen atoms in total. The summed E-state index contributed by atoms with van der Waals surface area (Å²) in [7, 11) is -5.48. The van der Waals surface area contributed by atoms with Crippen LogP contribution < -0.4 is 0 Å². The van der Waals surface area contributed by atoms with E-state index in [1.165, 1.54) is 0 Å². The summed E-state index contributed by atoms with van der Waals surface area (Å²) >= 11 is -3.39. The van der Waals surface area contributed by atoms with E-state index >= 15 is 0 Å². The summed E-state index contributed by atoms with van der Waals surface area (Å²) < 4.78 is 52.0. The predicted octanol–water partition coefficient (Wildman–Crippen LogP) is -3.76. The SMILES string of the molecule is O=S(O)OC(O)(O)C(O)(O)OS(=O)(=O)O. The molecule has 0 saturated heterocycles. The predicted molar refractivity (Wildman–Crippen MR) is 38.8 cm³/mol. The molecule has 0 aromatic heterocycles. The van der Waals surface area contributed by atoms with Crippen molar-refractivity contribution in [1.29, 1.82) is 0 Å². The quantitative estimate of drug-likeness (QED) is 0.163. The minimum atomic E-state index is -5.48. The highest BCUT2D eigenvalue weighted by molar-refractivity contribution is 7.80. The van der Waals surface area contributed by atoms with E-state index in [4.69, 9.17) is 29.5 Å². The number of aliphatic hydroxyl groups is 4. The highest BCUT2D eigenvalue weighted by atomic mass is 32.3. The molecule has 0 saturated carbocycles. The van der Waals surface area contributed by atoms with Crippen molar-refractivity contribution >= 4 is 21.8 Å². The zero-order valence-corrected chi connectivity index (χ0v) is 8.17. The Labute approximate surface area is 84.9 Å². The van der Waals surface area contributed by atoms with Crippen LogP contribution in [0.3, 0.4) is 0 Å². The van der Waals surface area contributed by atoms with Gasteiger partial charge in [0.2, 0.25) is 0 Å². The molecule has 13 heteroatoms. The van der Waals surface area contributed by atoms with Gasteiger partial charge in [-0.25, -0.2) is 0 Å². The average Bonchev–Trinajstić information content (AvgIpc) is 1.75. The van der Waals surface area contributed by atoms with Crippen molar-refractivity contribution in [2.75, 3.05) is 0 Å². The van der Waals surface area contributed by atoms with Gasteiger partial charge in [-0.15, -0.1) is 0 Å². The first-order valence-corrected chi connectivity index (χ1v) is 5.15. The summed E-state index contributed by atoms with van der Waals surface area (Å²) in [6, 6.07) is 0. The van der Waals surface area contributed by atoms with Crippen LogP contribution in [-0.4, -0.2) is 54.1 Å². The third-order valence-electron chi connectivity index (χ3n) is 0.833. The molecule has 1 unspecified atom stereocenters. The Kier molecular flexibility index (Phi) is 4.27. The average molecular weight is 270 g/mol. The van der Waals surface area contributed by atoms with Crippen LogP contribution in [0.2, 0.25) is 0 Å². The van der Waals surface area contributed by atoms with Crippen molar-refractivity contribution in [3.05, 3.63) is 0 Å². The van der Waals surface area contributed by atoms with Crippen LogP contribution in [-0.2, 0) is 30.1 Å². The first-order valence-electron chi connectivity index (χ1n) is 2.75. The maximum Gasteiger partial charge on any atom is 0.402 e. The molecule has 0 heterocycles. The van der Waals surface area contributed by atoms with Crippen LogP contribution in [0.5, 0.6) is 0 Å². The third kappa shape index (κ3) is 4.89. The fourth-order valence-corrected chi connectivity index (χ4v) is 1.06. The number of hydrogen-bond acceptors (Lipinski definition) is 9. The lowest BCUT2D eigenvalue weighted by molar-refractivity contribution is -0.491. The Bertz CT molecular complexity index is 338. The van der Waals surface area contributed by atoms with Gasteiger partial charge in [-0.05, 0) is 0 Å². The second kappa shape index (κ2) is 4.34. The van der Waals surface area contributed by atoms with Gasteiger partial charge in [0.1, 0.15) is 0 Å². The van der Waals surface area contributed by atoms with Gasteiger partial charge < -0.3 is 20.4 Å². The first-order chi connectivity index (χ1) is 6.37. The third-order valence-corrected chi connectivity index (χ3v) is 1.65. The second-order valence-electron chi connectivity index (χ2n) is 2.03. The van der Waals surface area contributed by atoms with Crippen molar-refractivity contribution in [2.24, 2.45) is 0 Å². The lowest BCUT2D eigenvalue weighted by atomic mass is 10.5. The molecule has 0 bridgehead atoms. The van der Waals surface area contributed by atoms with Crippen LogP contribution in [0, 0.1) is 0 Å². The number of rotatable bonds is 5. The molecule has 6 N–H and O–H groups in total. The molecule has 1 atom stereocenters. The van der Waals surface area contributed by atoms with Crippen LogP contribution in [0.1, 0.15) is 0 Å². The van der Waals surface area contributed by atoms with Gasteiger partial charge in [0.15, 0.2) is 0 Å². The van der Waals surface area contributed by atoms with Gasteiger partial charge in [-0.3, -0.25) is 9.11 Å². The van der Waals surface area contributed by atoms with Gasteiger partial charge in [-0.1, -0.05) is 0 Å². The first kappa shape index (κ1) is 14.8. The molecular formula is C2H6O11S2. The summed E-state index contributed by atoms with van der Waals surface area (Å²) in [5, 5.41) is 34.2. The highest BCUT2D eigenvalue weighted by Gasteiger charge is 2.56. The van der Waals surface area contributed by atoms with Gasteiger partial charge >= 0.3 is 33.7 Å². The fourth-order valence-electron chi connectivity index (χ4n) is 0.355. The summed E-state index contributed by atoms with van der Waals surface area (Å²) in [4.78, 5) is 0. The Balaban J connectivity index is 4.92. The van der Waals surface area contributed by atoms with E-state index in [9.17, 15) is 12.6 Å². The molecule has 0 radical (unpaired) electrons. The maximum absolute atomic E-state index is 9.98. The summed E-state index contributed by atoms with van der Waals surface area (Å²) in [5.41, 5.74) is 0. The summed E-state index contributed by atoms with van der Waals surface area (Å²) in [6.45, 7) is 0. The zero-order valence-electron chi connectivity index (χ0n) is 6.54. The van der Waals surface area contributed by atoms with E-state index in [1.54, 1.807) is 0 Å². The van der Waals surface area contributed by atoms with Crippen molar-refractivity contribution in [3.8, 4) is 0 Å². The zero-order chi connectivity index (χ0) is 12.5. The van der Waals surface area contributed by atoms with Gasteiger partial charge in [0.25, 0.3) is 0 Å². The summed E-state index contributed by atoms with van der Waals surface area (Å²) in [5.74, 6) is -8.67. The van der Waals surface area contributed by atoms with Gasteiger partial charge in [0.05, 0.1) is 0 Å². The van der Waals surface area contributed by atoms with Crippen molar-refractivity contribution in [3.63, 3.8) is 0 Å². The Morgan fingerprint density at radius 2 is 1.47 bits per heavy atom. The molecule has 0 aromatic rings. The van der Waals surface area contributed by atoms with Crippen molar-refractivity contribution < 1.29 is 50.5 Å².